The number of benzene rings is 1. The monoisotopic (exact) mass is 596 g/mol. The summed E-state index contributed by atoms with van der Waals surface area (Å²) < 4.78 is 25.6. The Kier molecular flexibility index (Phi) is 14.0. The molecule has 1 aromatic carbocycles. The summed E-state index contributed by atoms with van der Waals surface area (Å²) in [5.74, 6) is 0.0145. The van der Waals surface area contributed by atoms with Gasteiger partial charge in [-0.05, 0) is 57.2 Å². The highest BCUT2D eigenvalue weighted by Crippen LogP contribution is 2.18. The molecule has 3 rings (SSSR count). The fourth-order valence-corrected chi connectivity index (χ4v) is 4.19. The van der Waals surface area contributed by atoms with Gasteiger partial charge in [0.1, 0.15) is 5.60 Å². The number of hydrogen-bond acceptors (Lipinski definition) is 8. The highest BCUT2D eigenvalue weighted by atomic mass is 16.6. The van der Waals surface area contributed by atoms with E-state index in [-0.39, 0.29) is 5.91 Å². The van der Waals surface area contributed by atoms with Gasteiger partial charge < -0.3 is 38.7 Å². The lowest BCUT2D eigenvalue weighted by Gasteiger charge is -2.19. The number of carbonyl (C=O) groups is 2. The van der Waals surface area contributed by atoms with E-state index in [0.717, 1.165) is 36.0 Å². The van der Waals surface area contributed by atoms with Crippen molar-refractivity contribution in [3.63, 3.8) is 0 Å². The zero-order valence-electron chi connectivity index (χ0n) is 25.5. The van der Waals surface area contributed by atoms with Gasteiger partial charge in [-0.3, -0.25) is 4.79 Å². The van der Waals surface area contributed by atoms with Crippen LogP contribution in [-0.2, 0) is 36.8 Å². The Hall–Kier alpha value is -3.92. The number of aryl methyl sites for hydroxylation is 1. The zero-order chi connectivity index (χ0) is 30.9. The molecule has 12 nitrogen and oxygen atoms in total. The number of nitriles is 1. The molecule has 3 aromatic rings. The van der Waals surface area contributed by atoms with Crippen LogP contribution in [0.1, 0.15) is 51.3 Å². The molecule has 0 saturated carbocycles. The van der Waals surface area contributed by atoms with Crippen molar-refractivity contribution in [1.82, 2.24) is 24.8 Å². The Bertz CT molecular complexity index is 1320. The van der Waals surface area contributed by atoms with E-state index in [1.54, 1.807) is 0 Å². The Balaban J connectivity index is 1.13. The topological polar surface area (TPSA) is 142 Å². The quantitative estimate of drug-likeness (QED) is 0.200. The van der Waals surface area contributed by atoms with Crippen LogP contribution in [0.15, 0.2) is 43.0 Å². The third-order valence-corrected chi connectivity index (χ3v) is 6.22. The van der Waals surface area contributed by atoms with Crippen LogP contribution in [0.3, 0.4) is 0 Å². The number of aromatic nitrogens is 3. The molecule has 0 fully saturated rings. The predicted octanol–water partition coefficient (Wildman–Crippen LogP) is 3.62. The number of nitrogens with zero attached hydrogens (tertiary/aromatic N) is 4. The van der Waals surface area contributed by atoms with Crippen LogP contribution < -0.4 is 10.6 Å². The molecule has 0 spiro atoms. The van der Waals surface area contributed by atoms with Crippen LogP contribution in [0, 0.1) is 11.3 Å². The van der Waals surface area contributed by atoms with Crippen molar-refractivity contribution < 1.29 is 28.5 Å². The number of carbonyl (C=O) groups excluding carboxylic acids is 2. The van der Waals surface area contributed by atoms with Gasteiger partial charge in [0.2, 0.25) is 5.91 Å². The van der Waals surface area contributed by atoms with Crippen LogP contribution in [-0.4, -0.2) is 84.5 Å². The summed E-state index contributed by atoms with van der Waals surface area (Å²) in [5.41, 5.74) is 2.08. The molecule has 0 unspecified atom stereocenters. The Labute approximate surface area is 253 Å². The summed E-state index contributed by atoms with van der Waals surface area (Å²) in [5, 5.41) is 15.8. The number of ether oxygens (including phenoxy) is 4. The molecule has 2 heterocycles. The van der Waals surface area contributed by atoms with Crippen molar-refractivity contribution in [3.8, 4) is 6.07 Å². The molecule has 2 amide bonds. The molecule has 0 bridgehead atoms. The van der Waals surface area contributed by atoms with E-state index in [4.69, 9.17) is 18.9 Å². The number of amides is 2. The molecule has 2 N–H and O–H groups in total. The van der Waals surface area contributed by atoms with Gasteiger partial charge in [-0.2, -0.15) is 5.26 Å². The first-order valence-electron chi connectivity index (χ1n) is 14.7. The lowest BCUT2D eigenvalue weighted by Crippen LogP contribution is -2.34. The molecule has 234 valence electrons. The first-order chi connectivity index (χ1) is 20.7. The highest BCUT2D eigenvalue weighted by molar-refractivity contribution is 5.81. The standard InChI is InChI=1S/C31H44N6O6/c1-31(2,3)43-30(39)34-11-15-41-17-19-42-18-16-40-14-10-33-29(38)6-4-5-12-36-22-27(35-24-36)23-37-13-9-26-8-7-25(21-32)20-28(26)37/h7-9,13,20,22,24H,4-6,10-12,14-19,23H2,1-3H3,(H,33,38)(H,34,39). The SMILES string of the molecule is CC(C)(C)OC(=O)NCCOCCOCCOCCNC(=O)CCCCn1cnc(Cn2ccc3ccc(C#N)cc32)c1. The smallest absolute Gasteiger partial charge is 0.407 e. The maximum atomic E-state index is 12.1. The Morgan fingerprint density at radius 1 is 0.953 bits per heavy atom. The summed E-state index contributed by atoms with van der Waals surface area (Å²) in [6.45, 7) is 10.2. The summed E-state index contributed by atoms with van der Waals surface area (Å²) >= 11 is 0. The number of nitrogens with one attached hydrogen (secondary N) is 2. The van der Waals surface area contributed by atoms with E-state index in [0.29, 0.717) is 71.3 Å². The van der Waals surface area contributed by atoms with E-state index in [1.165, 1.54) is 0 Å². The highest BCUT2D eigenvalue weighted by Gasteiger charge is 2.15. The van der Waals surface area contributed by atoms with Gasteiger partial charge in [0, 0.05) is 44.0 Å². The minimum absolute atomic E-state index is 0.0145. The van der Waals surface area contributed by atoms with Crippen molar-refractivity contribution >= 4 is 22.9 Å². The van der Waals surface area contributed by atoms with Crippen molar-refractivity contribution in [2.75, 3.05) is 52.7 Å². The molecule has 2 aromatic heterocycles. The van der Waals surface area contributed by atoms with Gasteiger partial charge in [-0.25, -0.2) is 9.78 Å². The van der Waals surface area contributed by atoms with E-state index >= 15 is 0 Å². The van der Waals surface area contributed by atoms with Crippen LogP contribution in [0.5, 0.6) is 0 Å². The number of alkyl carbamates (subject to hydrolysis) is 1. The van der Waals surface area contributed by atoms with Crippen molar-refractivity contribution in [2.24, 2.45) is 0 Å². The van der Waals surface area contributed by atoms with Crippen LogP contribution in [0.25, 0.3) is 10.9 Å². The summed E-state index contributed by atoms with van der Waals surface area (Å²) in [7, 11) is 0. The fraction of sp³-hybridized carbons (Fsp3) is 0.548. The van der Waals surface area contributed by atoms with E-state index < -0.39 is 11.7 Å². The van der Waals surface area contributed by atoms with Gasteiger partial charge in [0.05, 0.1) is 69.8 Å². The number of rotatable bonds is 19. The Morgan fingerprint density at radius 3 is 2.35 bits per heavy atom. The predicted molar refractivity (Wildman–Crippen MR) is 162 cm³/mol. The maximum Gasteiger partial charge on any atom is 0.407 e. The molecule has 0 aliphatic rings. The second-order valence-electron chi connectivity index (χ2n) is 11.0. The van der Waals surface area contributed by atoms with Crippen molar-refractivity contribution in [1.29, 1.82) is 5.26 Å². The lowest BCUT2D eigenvalue weighted by atomic mass is 10.2. The molecular formula is C31H44N6O6. The molecule has 0 aliphatic heterocycles. The van der Waals surface area contributed by atoms with E-state index in [9.17, 15) is 14.9 Å². The van der Waals surface area contributed by atoms with Crippen molar-refractivity contribution in [3.05, 3.63) is 54.2 Å². The number of fused-ring (bicyclic) bond motifs is 1. The minimum atomic E-state index is -0.520. The first kappa shape index (κ1) is 33.6. The van der Waals surface area contributed by atoms with Gasteiger partial charge in [-0.15, -0.1) is 0 Å². The third-order valence-electron chi connectivity index (χ3n) is 6.22. The molecule has 0 atom stereocenters. The number of unbranched alkanes of at least 4 members (excludes halogenated alkanes) is 1. The fourth-order valence-electron chi connectivity index (χ4n) is 4.19. The molecule has 0 aliphatic carbocycles. The molecule has 0 saturated heterocycles. The normalized spacial score (nSPS) is 11.4. The first-order valence-corrected chi connectivity index (χ1v) is 14.7. The second-order valence-corrected chi connectivity index (χ2v) is 11.0. The molecule has 0 radical (unpaired) electrons. The maximum absolute atomic E-state index is 12.1. The third kappa shape index (κ3) is 13.3. The average Bonchev–Trinajstić information content (AvgIpc) is 3.59. The Morgan fingerprint density at radius 2 is 1.65 bits per heavy atom. The van der Waals surface area contributed by atoms with E-state index in [2.05, 4.69) is 26.3 Å². The molecule has 12 heteroatoms. The number of hydrogen-bond donors (Lipinski definition) is 2. The van der Waals surface area contributed by atoms with Crippen LogP contribution in [0.2, 0.25) is 0 Å². The van der Waals surface area contributed by atoms with Crippen LogP contribution >= 0.6 is 0 Å². The van der Waals surface area contributed by atoms with Crippen LogP contribution in [0.4, 0.5) is 4.79 Å². The minimum Gasteiger partial charge on any atom is -0.444 e. The largest absolute Gasteiger partial charge is 0.444 e. The van der Waals surface area contributed by atoms with E-state index in [1.807, 2.05) is 68.3 Å². The van der Waals surface area contributed by atoms with Gasteiger partial charge in [0.25, 0.3) is 0 Å². The number of imidazole rings is 1. The second kappa shape index (κ2) is 17.9. The average molecular weight is 597 g/mol. The summed E-state index contributed by atoms with van der Waals surface area (Å²) in [6.07, 6.45) is 7.53. The summed E-state index contributed by atoms with van der Waals surface area (Å²) in [6, 6.07) is 9.91. The zero-order valence-corrected chi connectivity index (χ0v) is 25.5. The van der Waals surface area contributed by atoms with Gasteiger partial charge >= 0.3 is 6.09 Å². The van der Waals surface area contributed by atoms with Gasteiger partial charge in [0.15, 0.2) is 0 Å². The lowest BCUT2D eigenvalue weighted by molar-refractivity contribution is -0.121. The summed E-state index contributed by atoms with van der Waals surface area (Å²) in [4.78, 5) is 28.1. The van der Waals surface area contributed by atoms with Crippen molar-refractivity contribution in [2.45, 2.75) is 58.7 Å². The van der Waals surface area contributed by atoms with Gasteiger partial charge in [-0.1, -0.05) is 6.07 Å². The molecular weight excluding hydrogens is 552 g/mol. The molecule has 43 heavy (non-hydrogen) atoms.